The second kappa shape index (κ2) is 6.41. The third-order valence-electron chi connectivity index (χ3n) is 3.34. The Morgan fingerprint density at radius 1 is 1.35 bits per heavy atom. The van der Waals surface area contributed by atoms with Gasteiger partial charge in [-0.25, -0.2) is 0 Å². The topological polar surface area (TPSA) is 15.3 Å². The van der Waals surface area contributed by atoms with Crippen molar-refractivity contribution < 1.29 is 0 Å². The highest BCUT2D eigenvalue weighted by Gasteiger charge is 2.15. The molecule has 0 aromatic heterocycles. The van der Waals surface area contributed by atoms with Crippen LogP contribution in [-0.2, 0) is 0 Å². The summed E-state index contributed by atoms with van der Waals surface area (Å²) >= 11 is 3.45. The second-order valence-electron chi connectivity index (χ2n) is 4.98. The van der Waals surface area contributed by atoms with E-state index >= 15 is 0 Å². The highest BCUT2D eigenvalue weighted by Crippen LogP contribution is 2.16. The number of anilines is 1. The zero-order valence-corrected chi connectivity index (χ0v) is 12.0. The number of halogens is 1. The van der Waals surface area contributed by atoms with E-state index in [0.717, 1.165) is 23.5 Å². The van der Waals surface area contributed by atoms with Crippen LogP contribution in [0.5, 0.6) is 0 Å². The van der Waals surface area contributed by atoms with Crippen LogP contribution in [0.3, 0.4) is 0 Å². The van der Waals surface area contributed by atoms with Crippen molar-refractivity contribution in [3.8, 4) is 0 Å². The lowest BCUT2D eigenvalue weighted by atomic mass is 10.0. The van der Waals surface area contributed by atoms with Gasteiger partial charge in [0, 0.05) is 29.8 Å². The number of rotatable bonds is 4. The lowest BCUT2D eigenvalue weighted by Gasteiger charge is -2.30. The molecule has 1 fully saturated rings. The Balaban J connectivity index is 1.70. The highest BCUT2D eigenvalue weighted by molar-refractivity contribution is 9.10. The maximum atomic E-state index is 3.47. The first-order valence-electron chi connectivity index (χ1n) is 6.46. The Morgan fingerprint density at radius 3 is 2.82 bits per heavy atom. The molecule has 1 unspecified atom stereocenters. The van der Waals surface area contributed by atoms with Crippen molar-refractivity contribution in [3.63, 3.8) is 0 Å². The molecule has 3 heteroatoms. The summed E-state index contributed by atoms with van der Waals surface area (Å²) in [7, 11) is 0. The van der Waals surface area contributed by atoms with Crippen LogP contribution >= 0.6 is 15.9 Å². The summed E-state index contributed by atoms with van der Waals surface area (Å²) in [6.07, 6.45) is 2.76. The number of likely N-dealkylation sites (tertiary alicyclic amines) is 1. The molecule has 1 aromatic rings. The summed E-state index contributed by atoms with van der Waals surface area (Å²) in [5, 5.41) is 3.47. The van der Waals surface area contributed by atoms with Crippen LogP contribution in [0.15, 0.2) is 28.7 Å². The van der Waals surface area contributed by atoms with E-state index in [1.54, 1.807) is 0 Å². The molecule has 1 aliphatic heterocycles. The fourth-order valence-corrected chi connectivity index (χ4v) is 2.68. The van der Waals surface area contributed by atoms with Crippen LogP contribution in [0.1, 0.15) is 19.8 Å². The Morgan fingerprint density at radius 2 is 2.12 bits per heavy atom. The summed E-state index contributed by atoms with van der Waals surface area (Å²) in [4.78, 5) is 2.57. The number of hydrogen-bond acceptors (Lipinski definition) is 2. The highest BCUT2D eigenvalue weighted by atomic mass is 79.9. The maximum Gasteiger partial charge on any atom is 0.0341 e. The molecule has 94 valence electrons. The van der Waals surface area contributed by atoms with E-state index in [0.29, 0.717) is 0 Å². The van der Waals surface area contributed by atoms with Gasteiger partial charge < -0.3 is 10.2 Å². The van der Waals surface area contributed by atoms with E-state index in [1.165, 1.54) is 31.6 Å². The molecule has 1 N–H and O–H groups in total. The van der Waals surface area contributed by atoms with E-state index < -0.39 is 0 Å². The number of nitrogens with zero attached hydrogens (tertiary/aromatic N) is 1. The normalized spacial score (nSPS) is 21.4. The molecule has 2 rings (SSSR count). The minimum atomic E-state index is 0.872. The van der Waals surface area contributed by atoms with Gasteiger partial charge in [0.15, 0.2) is 0 Å². The molecule has 1 saturated heterocycles. The van der Waals surface area contributed by atoms with Crippen LogP contribution in [0, 0.1) is 5.92 Å². The number of hydrogen-bond donors (Lipinski definition) is 1. The van der Waals surface area contributed by atoms with Gasteiger partial charge in [0.05, 0.1) is 0 Å². The predicted octanol–water partition coefficient (Wildman–Crippen LogP) is 3.59. The molecule has 0 saturated carbocycles. The third-order valence-corrected chi connectivity index (χ3v) is 3.87. The van der Waals surface area contributed by atoms with Crippen LogP contribution < -0.4 is 5.32 Å². The summed E-state index contributed by atoms with van der Waals surface area (Å²) in [5.41, 5.74) is 1.21. The van der Waals surface area contributed by atoms with Crippen molar-refractivity contribution in [2.45, 2.75) is 19.8 Å². The fraction of sp³-hybridized carbons (Fsp3) is 0.571. The fourth-order valence-electron chi connectivity index (χ4n) is 2.42. The molecule has 0 aliphatic carbocycles. The zero-order chi connectivity index (χ0) is 12.1. The van der Waals surface area contributed by atoms with E-state index in [1.807, 2.05) is 0 Å². The van der Waals surface area contributed by atoms with Crippen LogP contribution in [0.25, 0.3) is 0 Å². The molecule has 0 amide bonds. The molecular weight excluding hydrogens is 276 g/mol. The van der Waals surface area contributed by atoms with Crippen LogP contribution in [-0.4, -0.2) is 31.1 Å². The molecule has 1 aliphatic rings. The molecule has 0 bridgehead atoms. The standard InChI is InChI=1S/C14H21BrN2/c1-12-3-2-9-17(11-12)10-8-16-14-6-4-13(15)5-7-14/h4-7,12,16H,2-3,8-11H2,1H3. The van der Waals surface area contributed by atoms with Crippen molar-refractivity contribution in [1.82, 2.24) is 4.90 Å². The molecule has 1 atom stereocenters. The quantitative estimate of drug-likeness (QED) is 0.913. The monoisotopic (exact) mass is 296 g/mol. The summed E-state index contributed by atoms with van der Waals surface area (Å²) in [6.45, 7) is 7.08. The average molecular weight is 297 g/mol. The van der Waals surface area contributed by atoms with Crippen molar-refractivity contribution in [3.05, 3.63) is 28.7 Å². The van der Waals surface area contributed by atoms with Gasteiger partial charge in [-0.05, 0) is 49.6 Å². The van der Waals surface area contributed by atoms with Gasteiger partial charge in [-0.15, -0.1) is 0 Å². The van der Waals surface area contributed by atoms with Crippen LogP contribution in [0.2, 0.25) is 0 Å². The number of piperidine rings is 1. The Hall–Kier alpha value is -0.540. The van der Waals surface area contributed by atoms with Gasteiger partial charge >= 0.3 is 0 Å². The van der Waals surface area contributed by atoms with Gasteiger partial charge in [-0.2, -0.15) is 0 Å². The molecule has 0 radical (unpaired) electrons. The van der Waals surface area contributed by atoms with E-state index in [-0.39, 0.29) is 0 Å². The average Bonchev–Trinajstić information content (AvgIpc) is 2.32. The first-order valence-corrected chi connectivity index (χ1v) is 7.25. The molecular formula is C14H21BrN2. The zero-order valence-electron chi connectivity index (χ0n) is 10.5. The third kappa shape index (κ3) is 4.32. The van der Waals surface area contributed by atoms with Gasteiger partial charge in [-0.1, -0.05) is 22.9 Å². The van der Waals surface area contributed by atoms with E-state index in [4.69, 9.17) is 0 Å². The molecule has 17 heavy (non-hydrogen) atoms. The summed E-state index contributed by atoms with van der Waals surface area (Å²) in [5.74, 6) is 0.872. The Kier molecular flexibility index (Phi) is 4.86. The smallest absolute Gasteiger partial charge is 0.0341 e. The lowest BCUT2D eigenvalue weighted by Crippen LogP contribution is -2.37. The predicted molar refractivity (Wildman–Crippen MR) is 77.5 cm³/mol. The van der Waals surface area contributed by atoms with Crippen molar-refractivity contribution >= 4 is 21.6 Å². The molecule has 0 spiro atoms. The van der Waals surface area contributed by atoms with Gasteiger partial charge in [0.25, 0.3) is 0 Å². The van der Waals surface area contributed by atoms with E-state index in [2.05, 4.69) is 57.3 Å². The van der Waals surface area contributed by atoms with Crippen molar-refractivity contribution in [2.24, 2.45) is 5.92 Å². The minimum absolute atomic E-state index is 0.872. The summed E-state index contributed by atoms with van der Waals surface area (Å²) < 4.78 is 1.13. The Bertz CT molecular complexity index is 337. The van der Waals surface area contributed by atoms with E-state index in [9.17, 15) is 0 Å². The van der Waals surface area contributed by atoms with Gasteiger partial charge in [0.1, 0.15) is 0 Å². The minimum Gasteiger partial charge on any atom is -0.384 e. The number of nitrogens with one attached hydrogen (secondary N) is 1. The van der Waals surface area contributed by atoms with Crippen LogP contribution in [0.4, 0.5) is 5.69 Å². The van der Waals surface area contributed by atoms with Crippen molar-refractivity contribution in [1.29, 1.82) is 0 Å². The lowest BCUT2D eigenvalue weighted by molar-refractivity contribution is 0.190. The SMILES string of the molecule is CC1CCCN(CCNc2ccc(Br)cc2)C1. The second-order valence-corrected chi connectivity index (χ2v) is 5.90. The molecule has 2 nitrogen and oxygen atoms in total. The van der Waals surface area contributed by atoms with Gasteiger partial charge in [0.2, 0.25) is 0 Å². The molecule has 1 heterocycles. The molecule has 1 aromatic carbocycles. The first kappa shape index (κ1) is 12.9. The first-order chi connectivity index (χ1) is 8.24. The largest absolute Gasteiger partial charge is 0.384 e. The van der Waals surface area contributed by atoms with Crippen molar-refractivity contribution in [2.75, 3.05) is 31.5 Å². The Labute approximate surface area is 113 Å². The summed E-state index contributed by atoms with van der Waals surface area (Å²) in [6, 6.07) is 8.38. The van der Waals surface area contributed by atoms with Gasteiger partial charge in [-0.3, -0.25) is 0 Å². The maximum absolute atomic E-state index is 3.47. The number of benzene rings is 1.